The quantitative estimate of drug-likeness (QED) is 0.608. The Hall–Kier alpha value is -3.19. The monoisotopic (exact) mass is 380 g/mol. The number of hydrogen-bond acceptors (Lipinski definition) is 5. The van der Waals surface area contributed by atoms with E-state index in [-0.39, 0.29) is 11.7 Å². The topological polar surface area (TPSA) is 78.3 Å². The zero-order valence-electron chi connectivity index (χ0n) is 16.3. The van der Waals surface area contributed by atoms with E-state index in [9.17, 15) is 4.79 Å². The third kappa shape index (κ3) is 4.55. The van der Waals surface area contributed by atoms with Gasteiger partial charge in [-0.3, -0.25) is 4.79 Å². The predicted octanol–water partition coefficient (Wildman–Crippen LogP) is 3.02. The second kappa shape index (κ2) is 9.14. The third-order valence-electron chi connectivity index (χ3n) is 4.25. The molecule has 1 heterocycles. The molecular formula is C21H24N4O3. The van der Waals surface area contributed by atoms with Gasteiger partial charge >= 0.3 is 0 Å². The van der Waals surface area contributed by atoms with E-state index in [0.717, 1.165) is 29.0 Å². The molecule has 0 aliphatic carbocycles. The summed E-state index contributed by atoms with van der Waals surface area (Å²) in [5.74, 6) is 1.17. The van der Waals surface area contributed by atoms with Crippen molar-refractivity contribution in [1.82, 2.24) is 20.1 Å². The summed E-state index contributed by atoms with van der Waals surface area (Å²) in [7, 11) is 3.25. The lowest BCUT2D eigenvalue weighted by Crippen LogP contribution is -2.26. The fraction of sp³-hybridized carbons (Fsp3) is 0.286. The number of methoxy groups -OCH3 is 2. The smallest absolute Gasteiger partial charge is 0.290 e. The largest absolute Gasteiger partial charge is 0.497 e. The Kier molecular flexibility index (Phi) is 6.39. The van der Waals surface area contributed by atoms with Crippen molar-refractivity contribution in [3.8, 4) is 22.8 Å². The van der Waals surface area contributed by atoms with Crippen LogP contribution in [-0.4, -0.2) is 48.0 Å². The minimum Gasteiger partial charge on any atom is -0.497 e. The number of benzene rings is 2. The third-order valence-corrected chi connectivity index (χ3v) is 4.25. The first-order valence-corrected chi connectivity index (χ1v) is 9.08. The van der Waals surface area contributed by atoms with Crippen LogP contribution in [0.3, 0.4) is 0 Å². The van der Waals surface area contributed by atoms with Gasteiger partial charge in [-0.1, -0.05) is 29.8 Å². The van der Waals surface area contributed by atoms with Crippen LogP contribution in [0.4, 0.5) is 0 Å². The van der Waals surface area contributed by atoms with Crippen molar-refractivity contribution in [3.63, 3.8) is 0 Å². The molecule has 0 bridgehead atoms. The van der Waals surface area contributed by atoms with Crippen LogP contribution in [0.15, 0.2) is 48.5 Å². The molecule has 7 heteroatoms. The van der Waals surface area contributed by atoms with Crippen LogP contribution < -0.4 is 10.1 Å². The van der Waals surface area contributed by atoms with Gasteiger partial charge in [-0.05, 0) is 37.6 Å². The molecule has 1 N–H and O–H groups in total. The first-order valence-electron chi connectivity index (χ1n) is 9.08. The van der Waals surface area contributed by atoms with Crippen molar-refractivity contribution in [2.45, 2.75) is 13.3 Å². The van der Waals surface area contributed by atoms with Crippen LogP contribution in [0.25, 0.3) is 17.1 Å². The van der Waals surface area contributed by atoms with Gasteiger partial charge in [0.2, 0.25) is 5.82 Å². The molecule has 0 aliphatic heterocycles. The van der Waals surface area contributed by atoms with Crippen molar-refractivity contribution in [3.05, 3.63) is 59.9 Å². The molecule has 0 spiro atoms. The minimum absolute atomic E-state index is 0.129. The maximum Gasteiger partial charge on any atom is 0.290 e. The predicted molar refractivity (Wildman–Crippen MR) is 107 cm³/mol. The number of carbonyl (C=O) groups is 1. The molecule has 0 saturated heterocycles. The second-order valence-electron chi connectivity index (χ2n) is 6.34. The van der Waals surface area contributed by atoms with E-state index in [1.165, 1.54) is 0 Å². The Bertz CT molecular complexity index is 918. The molecule has 0 unspecified atom stereocenters. The average molecular weight is 380 g/mol. The van der Waals surface area contributed by atoms with Crippen molar-refractivity contribution >= 4 is 5.91 Å². The van der Waals surface area contributed by atoms with E-state index in [4.69, 9.17) is 9.47 Å². The molecule has 2 aromatic carbocycles. The summed E-state index contributed by atoms with van der Waals surface area (Å²) in [6, 6.07) is 15.4. The molecule has 1 aromatic heterocycles. The van der Waals surface area contributed by atoms with Gasteiger partial charge in [-0.15, -0.1) is 5.10 Å². The molecular weight excluding hydrogens is 356 g/mol. The van der Waals surface area contributed by atoms with E-state index >= 15 is 0 Å². The average Bonchev–Trinajstić information content (AvgIpc) is 3.17. The van der Waals surface area contributed by atoms with Gasteiger partial charge < -0.3 is 14.8 Å². The lowest BCUT2D eigenvalue weighted by Gasteiger charge is -2.07. The highest BCUT2D eigenvalue weighted by Gasteiger charge is 2.18. The number of amides is 1. The van der Waals surface area contributed by atoms with E-state index in [2.05, 4.69) is 15.4 Å². The van der Waals surface area contributed by atoms with Crippen LogP contribution in [-0.2, 0) is 4.74 Å². The van der Waals surface area contributed by atoms with Gasteiger partial charge in [0, 0.05) is 25.8 Å². The Morgan fingerprint density at radius 3 is 2.43 bits per heavy atom. The normalized spacial score (nSPS) is 10.7. The number of nitrogens with one attached hydrogen (secondary N) is 1. The second-order valence-corrected chi connectivity index (χ2v) is 6.34. The fourth-order valence-electron chi connectivity index (χ4n) is 2.70. The molecule has 3 rings (SSSR count). The summed E-state index contributed by atoms with van der Waals surface area (Å²) in [4.78, 5) is 17.0. The van der Waals surface area contributed by atoms with Gasteiger partial charge in [-0.25, -0.2) is 9.67 Å². The van der Waals surface area contributed by atoms with Gasteiger partial charge in [0.25, 0.3) is 5.91 Å². The highest BCUT2D eigenvalue weighted by Crippen LogP contribution is 2.23. The lowest BCUT2D eigenvalue weighted by molar-refractivity contribution is 0.0938. The number of nitrogens with zero attached hydrogens (tertiary/aromatic N) is 3. The molecule has 0 radical (unpaired) electrons. The number of carbonyl (C=O) groups excluding carboxylic acids is 1. The number of aromatic nitrogens is 3. The Morgan fingerprint density at radius 2 is 1.79 bits per heavy atom. The molecule has 28 heavy (non-hydrogen) atoms. The molecule has 146 valence electrons. The van der Waals surface area contributed by atoms with Crippen LogP contribution in [0.1, 0.15) is 22.6 Å². The minimum atomic E-state index is -0.309. The van der Waals surface area contributed by atoms with E-state index < -0.39 is 0 Å². The summed E-state index contributed by atoms with van der Waals surface area (Å²) < 4.78 is 11.9. The Balaban J connectivity index is 1.94. The molecule has 1 amide bonds. The molecule has 0 atom stereocenters. The summed E-state index contributed by atoms with van der Waals surface area (Å²) in [6.07, 6.45) is 0.728. The van der Waals surface area contributed by atoms with Gasteiger partial charge in [-0.2, -0.15) is 0 Å². The highest BCUT2D eigenvalue weighted by molar-refractivity contribution is 5.91. The first kappa shape index (κ1) is 19.6. The van der Waals surface area contributed by atoms with Crippen LogP contribution >= 0.6 is 0 Å². The van der Waals surface area contributed by atoms with E-state index in [1.54, 1.807) is 18.9 Å². The van der Waals surface area contributed by atoms with Crippen molar-refractivity contribution in [2.24, 2.45) is 0 Å². The summed E-state index contributed by atoms with van der Waals surface area (Å²) in [5, 5.41) is 7.28. The number of ether oxygens (including phenoxy) is 2. The zero-order valence-corrected chi connectivity index (χ0v) is 16.3. The number of rotatable bonds is 8. The van der Waals surface area contributed by atoms with Crippen LogP contribution in [0, 0.1) is 6.92 Å². The van der Waals surface area contributed by atoms with Crippen LogP contribution in [0.2, 0.25) is 0 Å². The molecule has 7 nitrogen and oxygen atoms in total. The van der Waals surface area contributed by atoms with Crippen molar-refractivity contribution in [2.75, 3.05) is 27.4 Å². The number of hydrogen-bond donors (Lipinski definition) is 1. The molecule has 3 aromatic rings. The van der Waals surface area contributed by atoms with Crippen molar-refractivity contribution < 1.29 is 14.3 Å². The summed E-state index contributed by atoms with van der Waals surface area (Å²) in [5.41, 5.74) is 2.82. The zero-order chi connectivity index (χ0) is 19.9. The lowest BCUT2D eigenvalue weighted by atomic mass is 10.1. The van der Waals surface area contributed by atoms with Gasteiger partial charge in [0.05, 0.1) is 12.8 Å². The Morgan fingerprint density at radius 1 is 1.07 bits per heavy atom. The standard InChI is InChI=1S/C21H24N4O3/c1-15-5-7-16(8-6-15)20-23-19(21(26)22-13-4-14-27-2)24-25(20)17-9-11-18(28-3)12-10-17/h5-12H,4,13-14H2,1-3H3,(H,22,26). The Labute approximate surface area is 164 Å². The number of aryl methyl sites for hydroxylation is 1. The van der Waals surface area contributed by atoms with Crippen LogP contribution in [0.5, 0.6) is 5.75 Å². The van der Waals surface area contributed by atoms with E-state index in [0.29, 0.717) is 19.0 Å². The van der Waals surface area contributed by atoms with Crippen molar-refractivity contribution in [1.29, 1.82) is 0 Å². The first-order chi connectivity index (χ1) is 13.6. The SMILES string of the molecule is COCCCNC(=O)c1nc(-c2ccc(C)cc2)n(-c2ccc(OC)cc2)n1. The molecule has 0 saturated carbocycles. The fourth-order valence-corrected chi connectivity index (χ4v) is 2.70. The van der Waals surface area contributed by atoms with Gasteiger partial charge in [0.15, 0.2) is 5.82 Å². The molecule has 0 fully saturated rings. The van der Waals surface area contributed by atoms with E-state index in [1.807, 2.05) is 55.5 Å². The van der Waals surface area contributed by atoms with Gasteiger partial charge in [0.1, 0.15) is 5.75 Å². The maximum absolute atomic E-state index is 12.5. The summed E-state index contributed by atoms with van der Waals surface area (Å²) in [6.45, 7) is 3.11. The maximum atomic E-state index is 12.5. The molecule has 0 aliphatic rings. The summed E-state index contributed by atoms with van der Waals surface area (Å²) >= 11 is 0. The highest BCUT2D eigenvalue weighted by atomic mass is 16.5.